The summed E-state index contributed by atoms with van der Waals surface area (Å²) >= 11 is 0. The summed E-state index contributed by atoms with van der Waals surface area (Å²) < 4.78 is 5.31. The maximum atomic E-state index is 11.5. The van der Waals surface area contributed by atoms with Crippen LogP contribution in [0.2, 0.25) is 0 Å². The Hall–Kier alpha value is -1.70. The van der Waals surface area contributed by atoms with Gasteiger partial charge in [-0.1, -0.05) is 0 Å². The van der Waals surface area contributed by atoms with Crippen molar-refractivity contribution < 1.29 is 14.6 Å². The summed E-state index contributed by atoms with van der Waals surface area (Å²) in [5.74, 6) is 0.299. The van der Waals surface area contributed by atoms with Gasteiger partial charge in [0.1, 0.15) is 5.10 Å². The molecule has 0 aliphatic carbocycles. The molecule has 0 aromatic carbocycles. The van der Waals surface area contributed by atoms with Crippen LogP contribution in [0.15, 0.2) is 5.10 Å². The van der Waals surface area contributed by atoms with Crippen molar-refractivity contribution in [3.8, 4) is 0 Å². The Bertz CT molecular complexity index is 392. The molecule has 2 aliphatic heterocycles. The second-order valence-corrected chi connectivity index (χ2v) is 4.84. The SMILES string of the molecule is CC(=O)N1CCCN(CC2CCOC2)/C1=N\[N+](=O)[O-]. The normalized spacial score (nSPS) is 25.9. The maximum Gasteiger partial charge on any atom is 0.280 e. The number of nitro groups is 1. The van der Waals surface area contributed by atoms with E-state index in [-0.39, 0.29) is 11.9 Å². The van der Waals surface area contributed by atoms with Gasteiger partial charge in [-0.05, 0) is 12.8 Å². The van der Waals surface area contributed by atoms with Gasteiger partial charge in [0.25, 0.3) is 5.96 Å². The Morgan fingerprint density at radius 2 is 2.37 bits per heavy atom. The first-order valence-corrected chi connectivity index (χ1v) is 6.41. The van der Waals surface area contributed by atoms with Crippen LogP contribution in [0.4, 0.5) is 0 Å². The van der Waals surface area contributed by atoms with E-state index in [0.29, 0.717) is 32.2 Å². The predicted molar refractivity (Wildman–Crippen MR) is 66.9 cm³/mol. The maximum absolute atomic E-state index is 11.5. The minimum atomic E-state index is -0.741. The molecule has 0 N–H and O–H groups in total. The first-order valence-electron chi connectivity index (χ1n) is 6.41. The van der Waals surface area contributed by atoms with Gasteiger partial charge in [0, 0.05) is 39.1 Å². The van der Waals surface area contributed by atoms with Crippen molar-refractivity contribution >= 4 is 11.9 Å². The Labute approximate surface area is 111 Å². The number of amides is 1. The number of carbonyl (C=O) groups is 1. The van der Waals surface area contributed by atoms with E-state index in [9.17, 15) is 14.9 Å². The minimum absolute atomic E-state index is 0.163. The van der Waals surface area contributed by atoms with Gasteiger partial charge in [-0.2, -0.15) is 0 Å². The summed E-state index contributed by atoms with van der Waals surface area (Å²) in [6.45, 7) is 4.62. The highest BCUT2D eigenvalue weighted by Gasteiger charge is 2.31. The Morgan fingerprint density at radius 1 is 1.58 bits per heavy atom. The average molecular weight is 270 g/mol. The molecule has 0 aromatic rings. The van der Waals surface area contributed by atoms with Crippen LogP contribution in [0.5, 0.6) is 0 Å². The van der Waals surface area contributed by atoms with Crippen LogP contribution in [0.3, 0.4) is 0 Å². The van der Waals surface area contributed by atoms with Crippen LogP contribution in [-0.2, 0) is 9.53 Å². The third-order valence-electron chi connectivity index (χ3n) is 3.39. The van der Waals surface area contributed by atoms with Gasteiger partial charge in [-0.25, -0.2) is 10.1 Å². The van der Waals surface area contributed by atoms with Crippen molar-refractivity contribution in [2.24, 2.45) is 11.0 Å². The molecule has 2 saturated heterocycles. The quantitative estimate of drug-likeness (QED) is 0.537. The molecule has 1 unspecified atom stereocenters. The van der Waals surface area contributed by atoms with Gasteiger partial charge in [-0.3, -0.25) is 9.69 Å². The lowest BCUT2D eigenvalue weighted by atomic mass is 10.1. The lowest BCUT2D eigenvalue weighted by Gasteiger charge is -2.36. The molecule has 19 heavy (non-hydrogen) atoms. The van der Waals surface area contributed by atoms with Gasteiger partial charge in [0.2, 0.25) is 5.91 Å². The summed E-state index contributed by atoms with van der Waals surface area (Å²) in [6, 6.07) is 0. The molecular formula is C11H18N4O4. The summed E-state index contributed by atoms with van der Waals surface area (Å²) in [7, 11) is 0. The fourth-order valence-electron chi connectivity index (χ4n) is 2.49. The molecule has 2 rings (SSSR count). The number of nitrogens with zero attached hydrogens (tertiary/aromatic N) is 4. The molecule has 8 nitrogen and oxygen atoms in total. The third kappa shape index (κ3) is 3.40. The van der Waals surface area contributed by atoms with Crippen LogP contribution in [0.1, 0.15) is 19.8 Å². The van der Waals surface area contributed by atoms with E-state index >= 15 is 0 Å². The third-order valence-corrected chi connectivity index (χ3v) is 3.39. The highest BCUT2D eigenvalue weighted by atomic mass is 16.7. The van der Waals surface area contributed by atoms with Crippen LogP contribution < -0.4 is 0 Å². The first-order chi connectivity index (χ1) is 9.08. The van der Waals surface area contributed by atoms with Gasteiger partial charge in [0.15, 0.2) is 5.03 Å². The van der Waals surface area contributed by atoms with Crippen molar-refractivity contribution in [1.29, 1.82) is 0 Å². The molecule has 2 fully saturated rings. The fourth-order valence-corrected chi connectivity index (χ4v) is 2.49. The van der Waals surface area contributed by atoms with Gasteiger partial charge >= 0.3 is 0 Å². The molecule has 2 aliphatic rings. The van der Waals surface area contributed by atoms with Crippen molar-refractivity contribution in [2.45, 2.75) is 19.8 Å². The molecular weight excluding hydrogens is 252 g/mol. The second-order valence-electron chi connectivity index (χ2n) is 4.84. The number of guanidine groups is 1. The molecule has 0 aromatic heterocycles. The number of hydrogen-bond acceptors (Lipinski definition) is 4. The van der Waals surface area contributed by atoms with Crippen LogP contribution >= 0.6 is 0 Å². The second kappa shape index (κ2) is 5.96. The molecule has 8 heteroatoms. The number of carbonyl (C=O) groups excluding carboxylic acids is 1. The average Bonchev–Trinajstić information content (AvgIpc) is 2.83. The lowest BCUT2D eigenvalue weighted by molar-refractivity contribution is -0.486. The molecule has 0 bridgehead atoms. The van der Waals surface area contributed by atoms with E-state index < -0.39 is 5.03 Å². The summed E-state index contributed by atoms with van der Waals surface area (Å²) in [6.07, 6.45) is 1.74. The predicted octanol–water partition coefficient (Wildman–Crippen LogP) is 0.125. The zero-order valence-corrected chi connectivity index (χ0v) is 10.9. The zero-order valence-electron chi connectivity index (χ0n) is 10.9. The largest absolute Gasteiger partial charge is 0.381 e. The van der Waals surface area contributed by atoms with Crippen LogP contribution in [0, 0.1) is 16.0 Å². The number of ether oxygens (including phenoxy) is 1. The summed E-state index contributed by atoms with van der Waals surface area (Å²) in [4.78, 5) is 25.4. The molecule has 0 saturated carbocycles. The van der Waals surface area contributed by atoms with Gasteiger partial charge in [-0.15, -0.1) is 0 Å². The number of hydrogen-bond donors (Lipinski definition) is 0. The van der Waals surface area contributed by atoms with E-state index in [1.165, 1.54) is 11.8 Å². The molecule has 1 amide bonds. The Balaban J connectivity index is 2.13. The molecule has 2 heterocycles. The highest BCUT2D eigenvalue weighted by molar-refractivity contribution is 5.96. The van der Waals surface area contributed by atoms with Crippen molar-refractivity contribution in [3.05, 3.63) is 10.1 Å². The fraction of sp³-hybridized carbons (Fsp3) is 0.818. The lowest BCUT2D eigenvalue weighted by Crippen LogP contribution is -2.53. The minimum Gasteiger partial charge on any atom is -0.381 e. The molecule has 0 radical (unpaired) electrons. The topological polar surface area (TPSA) is 88.3 Å². The molecule has 1 atom stereocenters. The smallest absolute Gasteiger partial charge is 0.280 e. The summed E-state index contributed by atoms with van der Waals surface area (Å²) in [5.41, 5.74) is 0. The standard InChI is InChI=1S/C11H18N4O4/c1-9(16)14-5-2-4-13(11(14)12-15(17)18)7-10-3-6-19-8-10/h10H,2-8H2,1H3/b12-11+. The Kier molecular flexibility index (Phi) is 4.31. The monoisotopic (exact) mass is 270 g/mol. The van der Waals surface area contributed by atoms with Crippen molar-refractivity contribution in [2.75, 3.05) is 32.8 Å². The summed E-state index contributed by atoms with van der Waals surface area (Å²) in [5, 5.41) is 13.3. The van der Waals surface area contributed by atoms with E-state index in [1.807, 2.05) is 4.90 Å². The molecule has 106 valence electrons. The van der Waals surface area contributed by atoms with E-state index in [2.05, 4.69) is 5.10 Å². The van der Waals surface area contributed by atoms with Gasteiger partial charge < -0.3 is 9.64 Å². The number of hydrazone groups is 1. The van der Waals surface area contributed by atoms with Gasteiger partial charge in [0.05, 0.1) is 6.61 Å². The van der Waals surface area contributed by atoms with E-state index in [0.717, 1.165) is 19.4 Å². The first kappa shape index (κ1) is 13.7. The molecule has 0 spiro atoms. The van der Waals surface area contributed by atoms with Crippen molar-refractivity contribution in [3.63, 3.8) is 0 Å². The Morgan fingerprint density at radius 3 is 2.95 bits per heavy atom. The number of rotatable bonds is 3. The van der Waals surface area contributed by atoms with Crippen LogP contribution in [0.25, 0.3) is 0 Å². The van der Waals surface area contributed by atoms with E-state index in [1.54, 1.807) is 0 Å². The van der Waals surface area contributed by atoms with Crippen LogP contribution in [-0.4, -0.2) is 59.5 Å². The van der Waals surface area contributed by atoms with E-state index in [4.69, 9.17) is 4.74 Å². The highest BCUT2D eigenvalue weighted by Crippen LogP contribution is 2.18. The van der Waals surface area contributed by atoms with Crippen molar-refractivity contribution in [1.82, 2.24) is 9.80 Å². The zero-order chi connectivity index (χ0) is 13.8.